The Morgan fingerprint density at radius 3 is 2.82 bits per heavy atom. The molecule has 0 radical (unpaired) electrons. The molecule has 0 saturated heterocycles. The molecule has 2 heterocycles. The second kappa shape index (κ2) is 7.17. The van der Waals surface area contributed by atoms with Crippen molar-refractivity contribution in [1.29, 1.82) is 0 Å². The zero-order chi connectivity index (χ0) is 16.1. The van der Waals surface area contributed by atoms with E-state index in [1.165, 1.54) is 0 Å². The van der Waals surface area contributed by atoms with Gasteiger partial charge in [-0.25, -0.2) is 0 Å². The molecule has 2 rings (SSSR count). The molecule has 0 bridgehead atoms. The number of hydrogen-bond acceptors (Lipinski definition) is 6. The molecule has 120 valence electrons. The van der Waals surface area contributed by atoms with Crippen molar-refractivity contribution in [2.45, 2.75) is 39.8 Å². The van der Waals surface area contributed by atoms with Crippen LogP contribution in [0.15, 0.2) is 4.52 Å². The summed E-state index contributed by atoms with van der Waals surface area (Å²) in [7, 11) is 3.46. The minimum absolute atomic E-state index is 0.0610. The van der Waals surface area contributed by atoms with E-state index in [1.54, 1.807) is 7.11 Å². The molecule has 22 heavy (non-hydrogen) atoms. The molecule has 0 aliphatic rings. The smallest absolute Gasteiger partial charge is 0.246 e. The van der Waals surface area contributed by atoms with Gasteiger partial charge in [-0.15, -0.1) is 0 Å². The number of nitrogens with zero attached hydrogens (tertiary/aromatic N) is 4. The van der Waals surface area contributed by atoms with Crippen molar-refractivity contribution in [3.05, 3.63) is 28.7 Å². The van der Waals surface area contributed by atoms with Crippen LogP contribution in [0.5, 0.6) is 0 Å². The number of carbonyl (C=O) groups excluding carboxylic acids is 1. The van der Waals surface area contributed by atoms with Crippen molar-refractivity contribution in [2.24, 2.45) is 7.05 Å². The van der Waals surface area contributed by atoms with Crippen LogP contribution in [-0.2, 0) is 36.2 Å². The fraction of sp³-hybridized carbons (Fsp3) is 0.571. The van der Waals surface area contributed by atoms with E-state index in [0.717, 1.165) is 17.0 Å². The molecule has 8 heteroatoms. The van der Waals surface area contributed by atoms with E-state index in [2.05, 4.69) is 20.6 Å². The van der Waals surface area contributed by atoms with Gasteiger partial charge in [0.05, 0.1) is 12.2 Å². The quantitative estimate of drug-likeness (QED) is 0.813. The molecule has 0 atom stereocenters. The maximum Gasteiger partial charge on any atom is 0.246 e. The van der Waals surface area contributed by atoms with E-state index >= 15 is 0 Å². The number of nitrogens with one attached hydrogen (secondary N) is 1. The first-order valence-electron chi connectivity index (χ1n) is 7.07. The molecule has 0 aliphatic heterocycles. The van der Waals surface area contributed by atoms with E-state index < -0.39 is 0 Å². The Morgan fingerprint density at radius 1 is 1.41 bits per heavy atom. The molecule has 0 unspecified atom stereocenters. The number of ether oxygens (including phenoxy) is 1. The lowest BCUT2D eigenvalue weighted by atomic mass is 10.1. The normalized spacial score (nSPS) is 10.9. The van der Waals surface area contributed by atoms with E-state index in [-0.39, 0.29) is 19.1 Å². The highest BCUT2D eigenvalue weighted by atomic mass is 16.5. The van der Waals surface area contributed by atoms with Crippen LogP contribution in [0.2, 0.25) is 0 Å². The van der Waals surface area contributed by atoms with Crippen LogP contribution < -0.4 is 5.32 Å². The third-order valence-corrected chi connectivity index (χ3v) is 3.48. The van der Waals surface area contributed by atoms with Gasteiger partial charge < -0.3 is 14.6 Å². The van der Waals surface area contributed by atoms with Gasteiger partial charge >= 0.3 is 0 Å². The Hall–Kier alpha value is -2.22. The lowest BCUT2D eigenvalue weighted by Gasteiger charge is -2.03. The van der Waals surface area contributed by atoms with Gasteiger partial charge in [0, 0.05) is 26.3 Å². The van der Waals surface area contributed by atoms with Crippen molar-refractivity contribution in [1.82, 2.24) is 25.2 Å². The van der Waals surface area contributed by atoms with Crippen molar-refractivity contribution >= 4 is 5.91 Å². The predicted octanol–water partition coefficient (Wildman–Crippen LogP) is 0.815. The Morgan fingerprint density at radius 2 is 2.18 bits per heavy atom. The minimum atomic E-state index is -0.0610. The highest BCUT2D eigenvalue weighted by Crippen LogP contribution is 2.13. The van der Waals surface area contributed by atoms with Crippen LogP contribution in [0.25, 0.3) is 0 Å². The largest absolute Gasteiger partial charge is 0.377 e. The standard InChI is InChI=1S/C14H21N5O3/c1-9-11(10(2)19(3)17-9)5-6-13(20)15-7-14-16-12(8-21-4)18-22-14/h5-8H2,1-4H3,(H,15,20). The number of aryl methyl sites for hydroxylation is 2. The summed E-state index contributed by atoms with van der Waals surface area (Å²) in [5, 5.41) is 10.8. The number of amides is 1. The summed E-state index contributed by atoms with van der Waals surface area (Å²) in [6.45, 7) is 4.47. The summed E-state index contributed by atoms with van der Waals surface area (Å²) in [5.41, 5.74) is 3.18. The van der Waals surface area contributed by atoms with E-state index in [1.807, 2.05) is 25.6 Å². The van der Waals surface area contributed by atoms with E-state index in [4.69, 9.17) is 9.26 Å². The third kappa shape index (κ3) is 3.91. The molecule has 8 nitrogen and oxygen atoms in total. The van der Waals surface area contributed by atoms with Gasteiger partial charge in [0.25, 0.3) is 0 Å². The summed E-state index contributed by atoms with van der Waals surface area (Å²) >= 11 is 0. The van der Waals surface area contributed by atoms with Gasteiger partial charge in [0.1, 0.15) is 6.61 Å². The van der Waals surface area contributed by atoms with Crippen LogP contribution in [0.4, 0.5) is 0 Å². The van der Waals surface area contributed by atoms with Gasteiger partial charge in [-0.1, -0.05) is 5.16 Å². The molecule has 0 saturated carbocycles. The number of aromatic nitrogens is 4. The summed E-state index contributed by atoms with van der Waals surface area (Å²) in [4.78, 5) is 16.0. The minimum Gasteiger partial charge on any atom is -0.377 e. The van der Waals surface area contributed by atoms with E-state index in [0.29, 0.717) is 24.6 Å². The Kier molecular flexibility index (Phi) is 5.26. The monoisotopic (exact) mass is 307 g/mol. The maximum atomic E-state index is 11.9. The SMILES string of the molecule is COCc1noc(CNC(=O)CCc2c(C)nn(C)c2C)n1. The number of carbonyl (C=O) groups is 1. The summed E-state index contributed by atoms with van der Waals surface area (Å²) in [6.07, 6.45) is 1.06. The third-order valence-electron chi connectivity index (χ3n) is 3.48. The van der Waals surface area contributed by atoms with Crippen LogP contribution in [0.1, 0.15) is 35.1 Å². The van der Waals surface area contributed by atoms with Gasteiger partial charge in [-0.05, 0) is 25.8 Å². The van der Waals surface area contributed by atoms with Crippen molar-refractivity contribution in [3.63, 3.8) is 0 Å². The molecule has 0 aromatic carbocycles. The Bertz CT molecular complexity index is 647. The average molecular weight is 307 g/mol. The van der Waals surface area contributed by atoms with Crippen LogP contribution in [0, 0.1) is 13.8 Å². The summed E-state index contributed by atoms with van der Waals surface area (Å²) in [5.74, 6) is 0.775. The van der Waals surface area contributed by atoms with Crippen LogP contribution >= 0.6 is 0 Å². The van der Waals surface area contributed by atoms with E-state index in [9.17, 15) is 4.79 Å². The van der Waals surface area contributed by atoms with Crippen molar-refractivity contribution < 1.29 is 14.1 Å². The fourth-order valence-electron chi connectivity index (χ4n) is 2.23. The second-order valence-corrected chi connectivity index (χ2v) is 5.09. The molecule has 0 aliphatic carbocycles. The van der Waals surface area contributed by atoms with Crippen molar-refractivity contribution in [3.8, 4) is 0 Å². The molecule has 1 N–H and O–H groups in total. The highest BCUT2D eigenvalue weighted by molar-refractivity contribution is 5.76. The predicted molar refractivity (Wildman–Crippen MR) is 77.9 cm³/mol. The Balaban J connectivity index is 1.80. The van der Waals surface area contributed by atoms with Crippen LogP contribution in [-0.4, -0.2) is 32.9 Å². The lowest BCUT2D eigenvalue weighted by molar-refractivity contribution is -0.121. The first kappa shape index (κ1) is 16.2. The van der Waals surface area contributed by atoms with Gasteiger partial charge in [0.15, 0.2) is 5.82 Å². The molecular formula is C14H21N5O3. The Labute approximate surface area is 128 Å². The zero-order valence-corrected chi connectivity index (χ0v) is 13.3. The lowest BCUT2D eigenvalue weighted by Crippen LogP contribution is -2.23. The number of hydrogen-bond donors (Lipinski definition) is 1. The number of rotatable bonds is 7. The zero-order valence-electron chi connectivity index (χ0n) is 13.3. The van der Waals surface area contributed by atoms with Gasteiger partial charge in [0.2, 0.25) is 11.8 Å². The highest BCUT2D eigenvalue weighted by Gasteiger charge is 2.12. The molecule has 2 aromatic heterocycles. The molecular weight excluding hydrogens is 286 g/mol. The summed E-state index contributed by atoms with van der Waals surface area (Å²) in [6, 6.07) is 0. The maximum absolute atomic E-state index is 11.9. The fourth-order valence-corrected chi connectivity index (χ4v) is 2.23. The first-order valence-corrected chi connectivity index (χ1v) is 7.07. The van der Waals surface area contributed by atoms with Gasteiger partial charge in [-0.2, -0.15) is 10.1 Å². The number of methoxy groups -OCH3 is 1. The van der Waals surface area contributed by atoms with Crippen LogP contribution in [0.3, 0.4) is 0 Å². The van der Waals surface area contributed by atoms with Crippen molar-refractivity contribution in [2.75, 3.05) is 7.11 Å². The average Bonchev–Trinajstić information content (AvgIpc) is 3.01. The topological polar surface area (TPSA) is 95.1 Å². The molecule has 0 spiro atoms. The molecule has 0 fully saturated rings. The second-order valence-electron chi connectivity index (χ2n) is 5.09. The first-order chi connectivity index (χ1) is 10.5. The summed E-state index contributed by atoms with van der Waals surface area (Å²) < 4.78 is 11.7. The molecule has 1 amide bonds. The molecule has 2 aromatic rings. The van der Waals surface area contributed by atoms with Gasteiger partial charge in [-0.3, -0.25) is 9.48 Å².